The first-order chi connectivity index (χ1) is 8.08. The summed E-state index contributed by atoms with van der Waals surface area (Å²) in [6.45, 7) is 0.699. The van der Waals surface area contributed by atoms with E-state index in [4.69, 9.17) is 11.6 Å². The van der Waals surface area contributed by atoms with E-state index in [1.54, 1.807) is 11.9 Å². The number of hydrogen-bond donors (Lipinski definition) is 0. The van der Waals surface area contributed by atoms with Crippen LogP contribution >= 0.6 is 11.6 Å². The molecule has 0 aliphatic heterocycles. The van der Waals surface area contributed by atoms with Crippen molar-refractivity contribution in [3.05, 3.63) is 34.6 Å². The van der Waals surface area contributed by atoms with Gasteiger partial charge in [-0.15, -0.1) is 0 Å². The minimum Gasteiger partial charge on any atom is -0.341 e. The van der Waals surface area contributed by atoms with E-state index in [0.717, 1.165) is 12.8 Å². The molecule has 0 aromatic heterocycles. The maximum Gasteiger partial charge on any atom is 0.256 e. The van der Waals surface area contributed by atoms with Crippen LogP contribution in [0.3, 0.4) is 0 Å². The second-order valence-electron chi connectivity index (χ2n) is 4.61. The molecule has 0 saturated heterocycles. The van der Waals surface area contributed by atoms with Crippen LogP contribution in [-0.4, -0.2) is 24.4 Å². The molecule has 0 atom stereocenters. The van der Waals surface area contributed by atoms with Crippen molar-refractivity contribution in [2.24, 2.45) is 5.92 Å². The number of amides is 1. The molecule has 0 spiro atoms. The van der Waals surface area contributed by atoms with Gasteiger partial charge in [-0.05, 0) is 37.0 Å². The number of benzene rings is 1. The second-order valence-corrected chi connectivity index (χ2v) is 5.04. The van der Waals surface area contributed by atoms with Crippen molar-refractivity contribution in [2.75, 3.05) is 13.6 Å². The summed E-state index contributed by atoms with van der Waals surface area (Å²) >= 11 is 5.77. The van der Waals surface area contributed by atoms with Gasteiger partial charge in [0.05, 0.1) is 5.56 Å². The summed E-state index contributed by atoms with van der Waals surface area (Å²) in [5.74, 6) is -0.233. The molecule has 2 rings (SSSR count). The molecule has 1 amide bonds. The molecule has 1 aromatic rings. The van der Waals surface area contributed by atoms with Gasteiger partial charge < -0.3 is 4.90 Å². The summed E-state index contributed by atoms with van der Waals surface area (Å²) in [5, 5.41) is 0.381. The van der Waals surface area contributed by atoms with Gasteiger partial charge in [0.2, 0.25) is 0 Å². The van der Waals surface area contributed by atoms with E-state index >= 15 is 0 Å². The van der Waals surface area contributed by atoms with Gasteiger partial charge in [-0.25, -0.2) is 4.39 Å². The van der Waals surface area contributed by atoms with E-state index in [1.165, 1.54) is 24.6 Å². The summed E-state index contributed by atoms with van der Waals surface area (Å²) in [4.78, 5) is 13.6. The van der Waals surface area contributed by atoms with Crippen LogP contribution in [0.4, 0.5) is 4.39 Å². The molecule has 17 heavy (non-hydrogen) atoms. The largest absolute Gasteiger partial charge is 0.341 e. The topological polar surface area (TPSA) is 20.3 Å². The molecule has 0 heterocycles. The molecule has 1 saturated carbocycles. The number of rotatable bonds is 3. The van der Waals surface area contributed by atoms with Crippen molar-refractivity contribution in [3.63, 3.8) is 0 Å². The number of carbonyl (C=O) groups is 1. The lowest BCUT2D eigenvalue weighted by atomic mass is 9.85. The number of nitrogens with zero attached hydrogens (tertiary/aromatic N) is 1. The SMILES string of the molecule is CN(CC1CCC1)C(=O)c1cc(Cl)ccc1F. The number of halogens is 2. The average Bonchev–Trinajstić information content (AvgIpc) is 2.25. The standard InChI is InChI=1S/C13H15ClFNO/c1-16(8-9-3-2-4-9)13(17)11-7-10(14)5-6-12(11)15/h5-7,9H,2-4,8H2,1H3. The Morgan fingerprint density at radius 3 is 2.82 bits per heavy atom. The van der Waals surface area contributed by atoms with Crippen molar-refractivity contribution in [2.45, 2.75) is 19.3 Å². The number of hydrogen-bond acceptors (Lipinski definition) is 1. The van der Waals surface area contributed by atoms with Crippen LogP contribution < -0.4 is 0 Å². The summed E-state index contributed by atoms with van der Waals surface area (Å²) in [6, 6.07) is 4.06. The fraction of sp³-hybridized carbons (Fsp3) is 0.462. The average molecular weight is 256 g/mol. The van der Waals surface area contributed by atoms with E-state index in [1.807, 2.05) is 0 Å². The molecular formula is C13H15ClFNO. The van der Waals surface area contributed by atoms with Gasteiger partial charge in [0, 0.05) is 18.6 Å². The molecule has 4 heteroatoms. The summed E-state index contributed by atoms with van der Waals surface area (Å²) in [5.41, 5.74) is 0.0549. The minimum absolute atomic E-state index is 0.0549. The Kier molecular flexibility index (Phi) is 3.67. The third-order valence-corrected chi connectivity index (χ3v) is 3.50. The molecule has 1 aromatic carbocycles. The first kappa shape index (κ1) is 12.4. The first-order valence-electron chi connectivity index (χ1n) is 5.78. The van der Waals surface area contributed by atoms with E-state index in [-0.39, 0.29) is 11.5 Å². The highest BCUT2D eigenvalue weighted by molar-refractivity contribution is 6.30. The lowest BCUT2D eigenvalue weighted by molar-refractivity contribution is 0.0740. The Labute approximate surface area is 105 Å². The van der Waals surface area contributed by atoms with Gasteiger partial charge >= 0.3 is 0 Å². The van der Waals surface area contributed by atoms with Crippen molar-refractivity contribution in [1.29, 1.82) is 0 Å². The highest BCUT2D eigenvalue weighted by Gasteiger charge is 2.23. The summed E-state index contributed by atoms with van der Waals surface area (Å²) in [6.07, 6.45) is 3.56. The predicted octanol–water partition coefficient (Wildman–Crippen LogP) is 3.35. The van der Waals surface area contributed by atoms with Crippen LogP contribution in [0.1, 0.15) is 29.6 Å². The molecule has 2 nitrogen and oxygen atoms in total. The summed E-state index contributed by atoms with van der Waals surface area (Å²) < 4.78 is 13.5. The molecule has 1 aliphatic carbocycles. The monoisotopic (exact) mass is 255 g/mol. The molecule has 1 aliphatic rings. The third-order valence-electron chi connectivity index (χ3n) is 3.26. The summed E-state index contributed by atoms with van der Waals surface area (Å²) in [7, 11) is 1.71. The molecule has 92 valence electrons. The minimum atomic E-state index is -0.514. The smallest absolute Gasteiger partial charge is 0.256 e. The van der Waals surface area contributed by atoms with Crippen LogP contribution in [0, 0.1) is 11.7 Å². The van der Waals surface area contributed by atoms with Gasteiger partial charge in [0.25, 0.3) is 5.91 Å². The maximum atomic E-state index is 13.5. The highest BCUT2D eigenvalue weighted by atomic mass is 35.5. The zero-order valence-corrected chi connectivity index (χ0v) is 10.5. The van der Waals surface area contributed by atoms with Crippen LogP contribution in [-0.2, 0) is 0 Å². The fourth-order valence-corrected chi connectivity index (χ4v) is 2.18. The molecule has 0 radical (unpaired) electrons. The lowest BCUT2D eigenvalue weighted by Gasteiger charge is -2.30. The van der Waals surface area contributed by atoms with Crippen molar-refractivity contribution < 1.29 is 9.18 Å². The maximum absolute atomic E-state index is 13.5. The Hall–Kier alpha value is -1.09. The first-order valence-corrected chi connectivity index (χ1v) is 6.16. The normalized spacial score (nSPS) is 15.5. The van der Waals surface area contributed by atoms with E-state index in [0.29, 0.717) is 17.5 Å². The van der Waals surface area contributed by atoms with Crippen molar-refractivity contribution in [3.8, 4) is 0 Å². The van der Waals surface area contributed by atoms with Gasteiger partial charge in [0.15, 0.2) is 0 Å². The van der Waals surface area contributed by atoms with Gasteiger partial charge in [0.1, 0.15) is 5.82 Å². The molecule has 0 N–H and O–H groups in total. The van der Waals surface area contributed by atoms with E-state index in [9.17, 15) is 9.18 Å². The Bertz CT molecular complexity index is 431. The highest BCUT2D eigenvalue weighted by Crippen LogP contribution is 2.27. The fourth-order valence-electron chi connectivity index (χ4n) is 2.01. The predicted molar refractivity (Wildman–Crippen MR) is 65.7 cm³/mol. The van der Waals surface area contributed by atoms with Crippen LogP contribution in [0.2, 0.25) is 5.02 Å². The van der Waals surface area contributed by atoms with Crippen molar-refractivity contribution >= 4 is 17.5 Å². The van der Waals surface area contributed by atoms with Gasteiger partial charge in [-0.1, -0.05) is 18.0 Å². The zero-order chi connectivity index (χ0) is 12.4. The third kappa shape index (κ3) is 2.78. The second kappa shape index (κ2) is 5.05. The van der Waals surface area contributed by atoms with Gasteiger partial charge in [-0.2, -0.15) is 0 Å². The van der Waals surface area contributed by atoms with E-state index < -0.39 is 5.82 Å². The van der Waals surface area contributed by atoms with Gasteiger partial charge in [-0.3, -0.25) is 4.79 Å². The molecule has 0 unspecified atom stereocenters. The lowest BCUT2D eigenvalue weighted by Crippen LogP contribution is -2.34. The van der Waals surface area contributed by atoms with Crippen LogP contribution in [0.5, 0.6) is 0 Å². The molecule has 0 bridgehead atoms. The molecule has 1 fully saturated rings. The quantitative estimate of drug-likeness (QED) is 0.811. The Balaban J connectivity index is 2.09. The van der Waals surface area contributed by atoms with Crippen LogP contribution in [0.15, 0.2) is 18.2 Å². The zero-order valence-electron chi connectivity index (χ0n) is 9.75. The molecular weight excluding hydrogens is 241 g/mol. The number of carbonyl (C=O) groups excluding carboxylic acids is 1. The Morgan fingerprint density at radius 1 is 1.53 bits per heavy atom. The van der Waals surface area contributed by atoms with Crippen LogP contribution in [0.25, 0.3) is 0 Å². The van der Waals surface area contributed by atoms with Crippen molar-refractivity contribution in [1.82, 2.24) is 4.90 Å². The Morgan fingerprint density at radius 2 is 2.24 bits per heavy atom. The van der Waals surface area contributed by atoms with E-state index in [2.05, 4.69) is 0 Å².